The zero-order valence-electron chi connectivity index (χ0n) is 7.74. The minimum atomic E-state index is -0.242. The molecule has 6 heteroatoms. The van der Waals surface area contributed by atoms with E-state index in [9.17, 15) is 4.79 Å². The number of nitrogens with zero attached hydrogens (tertiary/aromatic N) is 2. The minimum Gasteiger partial charge on any atom is -0.369 e. The summed E-state index contributed by atoms with van der Waals surface area (Å²) in [7, 11) is 1.80. The molecular weight excluding hydrogens is 182 g/mol. The molecule has 6 nitrogen and oxygen atoms in total. The molecule has 0 aliphatic carbocycles. The maximum atomic E-state index is 11.5. The summed E-state index contributed by atoms with van der Waals surface area (Å²) in [6.45, 7) is 0.312. The Bertz CT molecular complexity index is 538. The van der Waals surface area contributed by atoms with Crippen molar-refractivity contribution in [2.45, 2.75) is 6.54 Å². The highest BCUT2D eigenvalue weighted by Gasteiger charge is 2.10. The van der Waals surface area contributed by atoms with Gasteiger partial charge in [0.25, 0.3) is 5.56 Å². The van der Waals surface area contributed by atoms with Crippen LogP contribution in [-0.2, 0) is 13.6 Å². The van der Waals surface area contributed by atoms with Crippen molar-refractivity contribution in [3.8, 4) is 0 Å². The summed E-state index contributed by atoms with van der Waals surface area (Å²) in [6, 6.07) is 0. The number of hydrogen-bond donors (Lipinski definition) is 3. The normalized spacial score (nSPS) is 11.0. The quantitative estimate of drug-likeness (QED) is 0.557. The van der Waals surface area contributed by atoms with E-state index in [1.807, 2.05) is 0 Å². The third-order valence-electron chi connectivity index (χ3n) is 2.14. The highest BCUT2D eigenvalue weighted by Crippen LogP contribution is 2.14. The molecule has 2 heterocycles. The van der Waals surface area contributed by atoms with Gasteiger partial charge in [-0.05, 0) is 5.56 Å². The monoisotopic (exact) mass is 193 g/mol. The topological polar surface area (TPSA) is 103 Å². The molecule has 0 aliphatic heterocycles. The number of aromatic nitrogens is 3. The predicted molar refractivity (Wildman–Crippen MR) is 53.6 cm³/mol. The van der Waals surface area contributed by atoms with Crippen LogP contribution >= 0.6 is 0 Å². The Morgan fingerprint density at radius 2 is 2.36 bits per heavy atom. The fourth-order valence-corrected chi connectivity index (χ4v) is 1.54. The summed E-state index contributed by atoms with van der Waals surface area (Å²) in [5, 5.41) is 0.518. The molecule has 0 bridgehead atoms. The molecule has 74 valence electrons. The maximum Gasteiger partial charge on any atom is 0.262 e. The van der Waals surface area contributed by atoms with Gasteiger partial charge in [0.15, 0.2) is 0 Å². The Labute approximate surface area is 79.5 Å². The number of aryl methyl sites for hydroxylation is 1. The summed E-state index contributed by atoms with van der Waals surface area (Å²) in [4.78, 5) is 18.0. The van der Waals surface area contributed by atoms with Crippen LogP contribution in [0.1, 0.15) is 5.56 Å². The number of fused-ring (bicyclic) bond motifs is 1. The largest absolute Gasteiger partial charge is 0.369 e. The molecule has 0 fully saturated rings. The van der Waals surface area contributed by atoms with Crippen LogP contribution in [0, 0.1) is 0 Å². The number of nitrogen functional groups attached to an aromatic ring is 1. The molecule has 0 aliphatic rings. The van der Waals surface area contributed by atoms with E-state index in [-0.39, 0.29) is 11.5 Å². The highest BCUT2D eigenvalue weighted by atomic mass is 16.1. The number of H-pyrrole nitrogens is 1. The number of hydrogen-bond acceptors (Lipinski definition) is 4. The van der Waals surface area contributed by atoms with Crippen LogP contribution in [0.5, 0.6) is 0 Å². The zero-order valence-corrected chi connectivity index (χ0v) is 7.74. The van der Waals surface area contributed by atoms with Crippen LogP contribution in [0.4, 0.5) is 5.95 Å². The van der Waals surface area contributed by atoms with Crippen molar-refractivity contribution in [1.82, 2.24) is 14.5 Å². The van der Waals surface area contributed by atoms with Crippen LogP contribution in [0.2, 0.25) is 0 Å². The summed E-state index contributed by atoms with van der Waals surface area (Å²) in [5.74, 6) is 0.118. The first-order valence-electron chi connectivity index (χ1n) is 4.17. The number of nitrogens with one attached hydrogen (secondary N) is 1. The lowest BCUT2D eigenvalue weighted by Crippen LogP contribution is -2.12. The van der Waals surface area contributed by atoms with Gasteiger partial charge in [-0.1, -0.05) is 0 Å². The Morgan fingerprint density at radius 3 is 3.00 bits per heavy atom. The predicted octanol–water partition coefficient (Wildman–Crippen LogP) is -0.697. The Hall–Kier alpha value is -1.82. The fraction of sp³-hybridized carbons (Fsp3) is 0.250. The van der Waals surface area contributed by atoms with Crippen LogP contribution in [-0.4, -0.2) is 14.5 Å². The average Bonchev–Trinajstić information content (AvgIpc) is 2.43. The third kappa shape index (κ3) is 1.08. The molecule has 0 radical (unpaired) electrons. The molecule has 0 unspecified atom stereocenters. The lowest BCUT2D eigenvalue weighted by Gasteiger charge is -1.96. The molecular formula is C8H11N5O. The van der Waals surface area contributed by atoms with Gasteiger partial charge >= 0.3 is 0 Å². The second-order valence-corrected chi connectivity index (χ2v) is 3.12. The summed E-state index contributed by atoms with van der Waals surface area (Å²) < 4.78 is 1.74. The van der Waals surface area contributed by atoms with E-state index in [0.29, 0.717) is 17.6 Å². The van der Waals surface area contributed by atoms with Crippen molar-refractivity contribution in [3.63, 3.8) is 0 Å². The molecule has 0 atom stereocenters. The van der Waals surface area contributed by atoms with Gasteiger partial charge < -0.3 is 16.0 Å². The maximum absolute atomic E-state index is 11.5. The molecule has 2 rings (SSSR count). The van der Waals surface area contributed by atoms with Gasteiger partial charge in [0.05, 0.1) is 5.39 Å². The summed E-state index contributed by atoms with van der Waals surface area (Å²) >= 11 is 0. The first kappa shape index (κ1) is 8.76. The van der Waals surface area contributed by atoms with Crippen molar-refractivity contribution in [2.24, 2.45) is 12.8 Å². The van der Waals surface area contributed by atoms with Crippen LogP contribution < -0.4 is 17.0 Å². The van der Waals surface area contributed by atoms with Crippen molar-refractivity contribution in [3.05, 3.63) is 22.1 Å². The standard InChI is InChI=1S/C8H11N5O/c1-13-3-4(2-9)5-6(13)11-8(10)12-7(5)14/h3H,2,9H2,1H3,(H3,10,11,12,14). The molecule has 0 saturated heterocycles. The van der Waals surface area contributed by atoms with Gasteiger partial charge in [-0.15, -0.1) is 0 Å². The van der Waals surface area contributed by atoms with E-state index in [1.165, 1.54) is 0 Å². The minimum absolute atomic E-state index is 0.118. The molecule has 2 aromatic heterocycles. The Balaban J connectivity index is 2.97. The van der Waals surface area contributed by atoms with Crippen molar-refractivity contribution < 1.29 is 0 Å². The van der Waals surface area contributed by atoms with E-state index < -0.39 is 0 Å². The van der Waals surface area contributed by atoms with E-state index in [0.717, 1.165) is 5.56 Å². The smallest absolute Gasteiger partial charge is 0.262 e. The molecule has 2 aromatic rings. The van der Waals surface area contributed by atoms with Crippen molar-refractivity contribution in [2.75, 3.05) is 5.73 Å². The molecule has 0 aromatic carbocycles. The van der Waals surface area contributed by atoms with Gasteiger partial charge in [-0.25, -0.2) is 0 Å². The number of aromatic amines is 1. The van der Waals surface area contributed by atoms with Gasteiger partial charge in [-0.2, -0.15) is 4.98 Å². The average molecular weight is 193 g/mol. The number of nitrogens with two attached hydrogens (primary N) is 2. The molecule has 0 amide bonds. The summed E-state index contributed by atoms with van der Waals surface area (Å²) in [5.41, 5.74) is 12.0. The van der Waals surface area contributed by atoms with Gasteiger partial charge in [-0.3, -0.25) is 9.78 Å². The van der Waals surface area contributed by atoms with Crippen LogP contribution in [0.3, 0.4) is 0 Å². The van der Waals surface area contributed by atoms with E-state index in [2.05, 4.69) is 9.97 Å². The molecule has 0 saturated carbocycles. The van der Waals surface area contributed by atoms with E-state index in [1.54, 1.807) is 17.8 Å². The number of rotatable bonds is 1. The zero-order chi connectivity index (χ0) is 10.3. The first-order valence-corrected chi connectivity index (χ1v) is 4.17. The van der Waals surface area contributed by atoms with Crippen molar-refractivity contribution in [1.29, 1.82) is 0 Å². The Kier molecular flexibility index (Phi) is 1.78. The van der Waals surface area contributed by atoms with Crippen molar-refractivity contribution >= 4 is 17.0 Å². The molecule has 14 heavy (non-hydrogen) atoms. The van der Waals surface area contributed by atoms with E-state index >= 15 is 0 Å². The number of anilines is 1. The molecule has 5 N–H and O–H groups in total. The van der Waals surface area contributed by atoms with Crippen LogP contribution in [0.25, 0.3) is 11.0 Å². The lowest BCUT2D eigenvalue weighted by molar-refractivity contribution is 0.931. The fourth-order valence-electron chi connectivity index (χ4n) is 1.54. The van der Waals surface area contributed by atoms with Gasteiger partial charge in [0.1, 0.15) is 5.65 Å². The second-order valence-electron chi connectivity index (χ2n) is 3.12. The lowest BCUT2D eigenvalue weighted by atomic mass is 10.2. The SMILES string of the molecule is Cn1cc(CN)c2c(=O)[nH]c(N)nc21. The van der Waals surface area contributed by atoms with Gasteiger partial charge in [0, 0.05) is 19.8 Å². The van der Waals surface area contributed by atoms with Gasteiger partial charge in [0.2, 0.25) is 5.95 Å². The molecule has 0 spiro atoms. The van der Waals surface area contributed by atoms with E-state index in [4.69, 9.17) is 11.5 Å². The highest BCUT2D eigenvalue weighted by molar-refractivity contribution is 5.80. The summed E-state index contributed by atoms with van der Waals surface area (Å²) in [6.07, 6.45) is 1.78. The Morgan fingerprint density at radius 1 is 1.64 bits per heavy atom. The second kappa shape index (κ2) is 2.85. The van der Waals surface area contributed by atoms with Crippen LogP contribution in [0.15, 0.2) is 11.0 Å². The third-order valence-corrected chi connectivity index (χ3v) is 2.14. The first-order chi connectivity index (χ1) is 6.63.